The van der Waals surface area contributed by atoms with Crippen LogP contribution in [-0.2, 0) is 22.6 Å². The minimum Gasteiger partial charge on any atom is -0.444 e. The summed E-state index contributed by atoms with van der Waals surface area (Å²) in [5.74, 6) is -1.09. The summed E-state index contributed by atoms with van der Waals surface area (Å²) in [5, 5.41) is 5.33. The fourth-order valence-electron chi connectivity index (χ4n) is 3.78. The van der Waals surface area contributed by atoms with Crippen LogP contribution in [0.25, 0.3) is 11.2 Å². The molecule has 0 aliphatic heterocycles. The first-order valence-electron chi connectivity index (χ1n) is 11.8. The fraction of sp³-hybridized carbons (Fsp3) is 0.259. The highest BCUT2D eigenvalue weighted by Crippen LogP contribution is 2.21. The summed E-state index contributed by atoms with van der Waals surface area (Å²) >= 11 is 5.96. The van der Waals surface area contributed by atoms with Crippen molar-refractivity contribution in [3.05, 3.63) is 94.4 Å². The van der Waals surface area contributed by atoms with Crippen molar-refractivity contribution in [3.63, 3.8) is 0 Å². The van der Waals surface area contributed by atoms with E-state index < -0.39 is 35.3 Å². The molecule has 0 saturated carbocycles. The molecule has 0 bridgehead atoms. The molecule has 198 valence electrons. The predicted octanol–water partition coefficient (Wildman–Crippen LogP) is 5.29. The molecule has 38 heavy (non-hydrogen) atoms. The Labute approximate surface area is 223 Å². The minimum absolute atomic E-state index is 0.00918. The van der Waals surface area contributed by atoms with Gasteiger partial charge in [-0.2, -0.15) is 0 Å². The number of rotatable bonds is 7. The molecule has 0 saturated heterocycles. The molecule has 0 spiro atoms. The van der Waals surface area contributed by atoms with Gasteiger partial charge in [0, 0.05) is 6.20 Å². The van der Waals surface area contributed by atoms with Crippen molar-refractivity contribution in [1.82, 2.24) is 25.2 Å². The second-order valence-electron chi connectivity index (χ2n) is 9.56. The van der Waals surface area contributed by atoms with Crippen LogP contribution in [0.4, 0.5) is 13.6 Å². The third-order valence-electron chi connectivity index (χ3n) is 5.45. The number of imidazole rings is 1. The summed E-state index contributed by atoms with van der Waals surface area (Å²) in [4.78, 5) is 34.7. The Morgan fingerprint density at radius 3 is 2.53 bits per heavy atom. The molecule has 2 aromatic heterocycles. The molecule has 4 aromatic rings. The zero-order valence-corrected chi connectivity index (χ0v) is 21.7. The summed E-state index contributed by atoms with van der Waals surface area (Å²) in [5.41, 5.74) is 1.47. The molecule has 2 heterocycles. The number of carbonyl (C=O) groups excluding carboxylic acids is 2. The molecule has 1 unspecified atom stereocenters. The molecule has 0 aliphatic rings. The van der Waals surface area contributed by atoms with Gasteiger partial charge in [-0.1, -0.05) is 29.8 Å². The Kier molecular flexibility index (Phi) is 7.91. The Hall–Kier alpha value is -4.05. The number of fused-ring (bicyclic) bond motifs is 1. The van der Waals surface area contributed by atoms with Crippen LogP contribution in [0.15, 0.2) is 60.8 Å². The molecule has 2 N–H and O–H groups in total. The van der Waals surface area contributed by atoms with Crippen molar-refractivity contribution in [2.75, 3.05) is 0 Å². The number of aromatic nitrogens is 3. The van der Waals surface area contributed by atoms with Gasteiger partial charge in [-0.05, 0) is 68.3 Å². The van der Waals surface area contributed by atoms with E-state index in [4.69, 9.17) is 16.3 Å². The van der Waals surface area contributed by atoms with E-state index in [1.165, 1.54) is 36.4 Å². The van der Waals surface area contributed by atoms with E-state index in [9.17, 15) is 18.4 Å². The van der Waals surface area contributed by atoms with Gasteiger partial charge in [-0.25, -0.2) is 23.5 Å². The van der Waals surface area contributed by atoms with Gasteiger partial charge in [0.2, 0.25) is 5.91 Å². The van der Waals surface area contributed by atoms with E-state index in [2.05, 4.69) is 20.6 Å². The number of nitrogens with zero attached hydrogens (tertiary/aromatic N) is 3. The van der Waals surface area contributed by atoms with Gasteiger partial charge in [0.15, 0.2) is 5.65 Å². The molecular formula is C27H26ClF2N5O3. The second-order valence-corrected chi connectivity index (χ2v) is 9.96. The van der Waals surface area contributed by atoms with E-state index in [1.54, 1.807) is 49.7 Å². The van der Waals surface area contributed by atoms with Crippen LogP contribution >= 0.6 is 11.6 Å². The predicted molar refractivity (Wildman–Crippen MR) is 138 cm³/mol. The number of hydrogen-bond donors (Lipinski definition) is 2. The smallest absolute Gasteiger partial charge is 0.408 e. The van der Waals surface area contributed by atoms with E-state index in [-0.39, 0.29) is 18.1 Å². The second kappa shape index (κ2) is 11.1. The first-order chi connectivity index (χ1) is 18.0. The zero-order valence-electron chi connectivity index (χ0n) is 21.0. The van der Waals surface area contributed by atoms with Crippen LogP contribution in [0.1, 0.15) is 43.8 Å². The molecule has 2 aromatic carbocycles. The van der Waals surface area contributed by atoms with Gasteiger partial charge in [-0.3, -0.25) is 4.79 Å². The number of alkyl carbamates (subject to hydrolysis) is 1. The summed E-state index contributed by atoms with van der Waals surface area (Å²) in [6.07, 6.45) is 0.821. The van der Waals surface area contributed by atoms with Gasteiger partial charge < -0.3 is 19.9 Å². The summed E-state index contributed by atoms with van der Waals surface area (Å²) in [7, 11) is 0. The average molecular weight is 542 g/mol. The van der Waals surface area contributed by atoms with Gasteiger partial charge in [0.1, 0.15) is 34.6 Å². The Balaban J connectivity index is 1.59. The number of ether oxygens (including phenoxy) is 1. The van der Waals surface area contributed by atoms with E-state index in [1.807, 2.05) is 0 Å². The third-order valence-corrected chi connectivity index (χ3v) is 5.74. The average Bonchev–Trinajstić information content (AvgIpc) is 3.20. The highest BCUT2D eigenvalue weighted by Gasteiger charge is 2.26. The first kappa shape index (κ1) is 27.0. The van der Waals surface area contributed by atoms with Gasteiger partial charge in [-0.15, -0.1) is 0 Å². The lowest BCUT2D eigenvalue weighted by atomic mass is 10.1. The summed E-state index contributed by atoms with van der Waals surface area (Å²) in [6, 6.07) is 12.0. The van der Waals surface area contributed by atoms with Crippen LogP contribution in [0.3, 0.4) is 0 Å². The molecule has 11 heteroatoms. The largest absolute Gasteiger partial charge is 0.444 e. The fourth-order valence-corrected chi connectivity index (χ4v) is 3.98. The molecule has 0 fully saturated rings. The Morgan fingerprint density at radius 1 is 1.11 bits per heavy atom. The topological polar surface area (TPSA) is 98.1 Å². The standard InChI is InChI=1S/C27H26ClF2N5O3/c1-27(2,3)38-26(37)34-23(17-7-9-18(29)10-8-17)25(36)32-14-22-33-21-5-4-12-31-24(21)35(22)15-16-6-11-20(30)19(28)13-16/h4-13,23H,14-15H2,1-3H3,(H,32,36)(H,34,37). The van der Waals surface area contributed by atoms with Crippen molar-refractivity contribution in [2.24, 2.45) is 0 Å². The van der Waals surface area contributed by atoms with Gasteiger partial charge in [0.25, 0.3) is 0 Å². The van der Waals surface area contributed by atoms with Crippen molar-refractivity contribution >= 4 is 34.8 Å². The molecule has 0 aliphatic carbocycles. The highest BCUT2D eigenvalue weighted by molar-refractivity contribution is 6.30. The molecule has 4 rings (SSSR count). The number of carbonyl (C=O) groups is 2. The van der Waals surface area contributed by atoms with Crippen LogP contribution in [0.5, 0.6) is 0 Å². The maximum absolute atomic E-state index is 13.7. The van der Waals surface area contributed by atoms with Crippen molar-refractivity contribution in [3.8, 4) is 0 Å². The number of pyridine rings is 1. The maximum atomic E-state index is 13.7. The quantitative estimate of drug-likeness (QED) is 0.331. The minimum atomic E-state index is -1.16. The lowest BCUT2D eigenvalue weighted by molar-refractivity contribution is -0.123. The normalized spacial score (nSPS) is 12.3. The molecule has 8 nitrogen and oxygen atoms in total. The summed E-state index contributed by atoms with van der Waals surface area (Å²) in [6.45, 7) is 5.36. The van der Waals surface area contributed by atoms with Gasteiger partial charge >= 0.3 is 6.09 Å². The first-order valence-corrected chi connectivity index (χ1v) is 12.1. The highest BCUT2D eigenvalue weighted by atomic mass is 35.5. The SMILES string of the molecule is CC(C)(C)OC(=O)NC(C(=O)NCc1nc2cccnc2n1Cc1ccc(F)c(Cl)c1)c1ccc(F)cc1. The van der Waals surface area contributed by atoms with E-state index in [0.29, 0.717) is 28.1 Å². The Morgan fingerprint density at radius 2 is 1.84 bits per heavy atom. The molecule has 2 amide bonds. The van der Waals surface area contributed by atoms with Crippen LogP contribution in [0, 0.1) is 11.6 Å². The number of hydrogen-bond acceptors (Lipinski definition) is 5. The van der Waals surface area contributed by atoms with E-state index >= 15 is 0 Å². The van der Waals surface area contributed by atoms with E-state index in [0.717, 1.165) is 0 Å². The molecular weight excluding hydrogens is 516 g/mol. The number of amides is 2. The summed E-state index contributed by atoms with van der Waals surface area (Å²) < 4.78 is 34.3. The van der Waals surface area contributed by atoms with Crippen LogP contribution in [-0.4, -0.2) is 32.1 Å². The lowest BCUT2D eigenvalue weighted by Crippen LogP contribution is -2.42. The Bertz CT molecular complexity index is 1470. The zero-order chi connectivity index (χ0) is 27.4. The third kappa shape index (κ3) is 6.63. The monoisotopic (exact) mass is 541 g/mol. The maximum Gasteiger partial charge on any atom is 0.408 e. The van der Waals surface area contributed by atoms with Crippen molar-refractivity contribution in [1.29, 1.82) is 0 Å². The van der Waals surface area contributed by atoms with Crippen molar-refractivity contribution in [2.45, 2.75) is 45.5 Å². The number of benzene rings is 2. The van der Waals surface area contributed by atoms with Gasteiger partial charge in [0.05, 0.1) is 18.1 Å². The molecule has 1 atom stereocenters. The van der Waals surface area contributed by atoms with Crippen LogP contribution < -0.4 is 10.6 Å². The lowest BCUT2D eigenvalue weighted by Gasteiger charge is -2.23. The van der Waals surface area contributed by atoms with Crippen LogP contribution in [0.2, 0.25) is 5.02 Å². The number of halogens is 3. The molecule has 0 radical (unpaired) electrons. The number of nitrogens with one attached hydrogen (secondary N) is 2. The van der Waals surface area contributed by atoms with Crippen molar-refractivity contribution < 1.29 is 23.1 Å².